The zero-order valence-electron chi connectivity index (χ0n) is 24.1. The molecule has 1 aliphatic carbocycles. The topological polar surface area (TPSA) is 160 Å². The van der Waals surface area contributed by atoms with Gasteiger partial charge in [-0.05, 0) is 78.3 Å². The van der Waals surface area contributed by atoms with E-state index in [0.717, 1.165) is 22.3 Å². The van der Waals surface area contributed by atoms with Gasteiger partial charge in [0.05, 0.1) is 10.6 Å². The molecule has 6 N–H and O–H groups in total. The predicted octanol–water partition coefficient (Wildman–Crippen LogP) is 4.13. The second-order valence-corrected chi connectivity index (χ2v) is 12.7. The molecule has 0 radical (unpaired) electrons. The Bertz CT molecular complexity index is 1630. The zero-order chi connectivity index (χ0) is 30.6. The van der Waals surface area contributed by atoms with Crippen molar-refractivity contribution in [3.8, 4) is 11.1 Å². The highest BCUT2D eigenvalue weighted by molar-refractivity contribution is 7.89. The fraction of sp³-hybridized carbons (Fsp3) is 0.312. The van der Waals surface area contributed by atoms with Crippen molar-refractivity contribution in [3.05, 3.63) is 83.4 Å². The molecule has 0 atom stereocenters. The van der Waals surface area contributed by atoms with Crippen molar-refractivity contribution >= 4 is 39.2 Å². The lowest BCUT2D eigenvalue weighted by atomic mass is 9.82. The molecule has 10 nitrogen and oxygen atoms in total. The van der Waals surface area contributed by atoms with Gasteiger partial charge in [-0.2, -0.15) is 0 Å². The number of amidine groups is 1. The maximum Gasteiger partial charge on any atom is 0.273 e. The largest absolute Gasteiger partial charge is 0.399 e. The molecular weight excluding hydrogens is 566 g/mol. The second kappa shape index (κ2) is 13.1. The maximum atomic E-state index is 13.5. The molecule has 1 fully saturated rings. The van der Waals surface area contributed by atoms with Crippen LogP contribution in [-0.2, 0) is 26.3 Å². The minimum absolute atomic E-state index is 0.0772. The Hall–Kier alpha value is -4.03. The number of sulfonamides is 1. The summed E-state index contributed by atoms with van der Waals surface area (Å²) in [5.41, 5.74) is 17.1. The summed E-state index contributed by atoms with van der Waals surface area (Å²) in [6.07, 6.45) is 3.96. The number of nitrogens with two attached hydrogens (primary N) is 2. The van der Waals surface area contributed by atoms with Crippen LogP contribution >= 0.6 is 0 Å². The van der Waals surface area contributed by atoms with Crippen molar-refractivity contribution in [1.29, 1.82) is 0 Å². The highest BCUT2D eigenvalue weighted by Gasteiger charge is 2.32. The van der Waals surface area contributed by atoms with Crippen LogP contribution in [0, 0.1) is 5.92 Å². The average molecular weight is 604 g/mol. The zero-order valence-corrected chi connectivity index (χ0v) is 24.9. The van der Waals surface area contributed by atoms with Gasteiger partial charge in [0.2, 0.25) is 10.0 Å². The van der Waals surface area contributed by atoms with Crippen LogP contribution < -0.4 is 16.2 Å². The molecule has 5 rings (SSSR count). The van der Waals surface area contributed by atoms with E-state index in [1.165, 1.54) is 5.06 Å². The molecule has 1 amide bonds. The van der Waals surface area contributed by atoms with Crippen LogP contribution in [0.15, 0.2) is 82.2 Å². The van der Waals surface area contributed by atoms with Gasteiger partial charge in [-0.3, -0.25) is 9.63 Å². The van der Waals surface area contributed by atoms with E-state index in [9.17, 15) is 18.3 Å². The number of anilines is 1. The first-order valence-electron chi connectivity index (χ1n) is 14.4. The number of rotatable bonds is 11. The molecule has 3 aromatic carbocycles. The first-order chi connectivity index (χ1) is 20.6. The van der Waals surface area contributed by atoms with Gasteiger partial charge in [0.25, 0.3) is 5.91 Å². The lowest BCUT2D eigenvalue weighted by Crippen LogP contribution is -2.45. The molecule has 0 aromatic heterocycles. The molecule has 0 spiro atoms. The highest BCUT2D eigenvalue weighted by atomic mass is 32.2. The molecule has 1 saturated carbocycles. The monoisotopic (exact) mass is 603 g/mol. The molecule has 3 aromatic rings. The van der Waals surface area contributed by atoms with Gasteiger partial charge < -0.3 is 16.6 Å². The summed E-state index contributed by atoms with van der Waals surface area (Å²) in [5.74, 6) is 0.192. The summed E-state index contributed by atoms with van der Waals surface area (Å²) in [5, 5.41) is 10.6. The Morgan fingerprint density at radius 3 is 2.42 bits per heavy atom. The lowest BCUT2D eigenvalue weighted by molar-refractivity contribution is -0.187. The van der Waals surface area contributed by atoms with Gasteiger partial charge in [-0.15, -0.1) is 0 Å². The number of aliphatic imine (C=N–C) groups is 1. The minimum atomic E-state index is -3.65. The summed E-state index contributed by atoms with van der Waals surface area (Å²) < 4.78 is 28.3. The van der Waals surface area contributed by atoms with Gasteiger partial charge in [-0.1, -0.05) is 43.3 Å². The number of hydroxylamine groups is 2. The molecule has 0 unspecified atom stereocenters. The Kier molecular flexibility index (Phi) is 9.26. The number of hydrogen-bond donors (Lipinski definition) is 4. The van der Waals surface area contributed by atoms with E-state index in [1.54, 1.807) is 42.5 Å². The number of carbonyl (C=O) groups is 1. The summed E-state index contributed by atoms with van der Waals surface area (Å²) in [6, 6.07) is 19.5. The normalized spacial score (nSPS) is 18.1. The van der Waals surface area contributed by atoms with E-state index in [2.05, 4.69) is 9.71 Å². The van der Waals surface area contributed by atoms with E-state index < -0.39 is 10.0 Å². The Balaban J connectivity index is 1.31. The molecule has 0 bridgehead atoms. The first kappa shape index (κ1) is 30.4. The SMILES string of the molecule is CCCN(OCc1ccc(N)cc1)C(=O)C1=Cc2ccc(-c3ccc(S(=O)(=O)NC4CC(CO)C4)cc3)cc2N=C(N)C1. The number of carbonyl (C=O) groups excluding carboxylic acids is 1. The van der Waals surface area contributed by atoms with E-state index in [1.807, 2.05) is 37.3 Å². The molecular formula is C32H37N5O5S. The molecule has 1 heterocycles. The van der Waals surface area contributed by atoms with E-state index in [-0.39, 0.29) is 42.4 Å². The van der Waals surface area contributed by atoms with Crippen molar-refractivity contribution in [2.75, 3.05) is 18.9 Å². The molecule has 43 heavy (non-hydrogen) atoms. The van der Waals surface area contributed by atoms with Crippen molar-refractivity contribution in [1.82, 2.24) is 9.79 Å². The quantitative estimate of drug-likeness (QED) is 0.189. The van der Waals surface area contributed by atoms with Crippen LogP contribution in [0.3, 0.4) is 0 Å². The number of nitrogen functional groups attached to an aromatic ring is 1. The van der Waals surface area contributed by atoms with E-state index in [4.69, 9.17) is 16.3 Å². The molecule has 11 heteroatoms. The van der Waals surface area contributed by atoms with Crippen molar-refractivity contribution < 1.29 is 23.2 Å². The van der Waals surface area contributed by atoms with Crippen LogP contribution in [0.25, 0.3) is 17.2 Å². The van der Waals surface area contributed by atoms with Crippen LogP contribution in [0.4, 0.5) is 11.4 Å². The van der Waals surface area contributed by atoms with Crippen molar-refractivity contribution in [2.24, 2.45) is 16.6 Å². The summed E-state index contributed by atoms with van der Waals surface area (Å²) in [6.45, 7) is 2.69. The molecule has 2 aliphatic rings. The third-order valence-electron chi connectivity index (χ3n) is 7.60. The van der Waals surface area contributed by atoms with E-state index in [0.29, 0.717) is 48.6 Å². The standard InChI is InChI=1S/C32H37N5O5S/c1-2-13-37(42-20-21-3-9-27(33)10-4-21)32(39)26-16-25-6-5-24(17-30(25)35-31(34)18-26)23-7-11-29(12-8-23)43(40,41)36-28-14-22(15-28)19-38/h3-12,16-17,22,28,36,38H,2,13-15,18-20,33H2,1H3,(H2,34,35). The lowest BCUT2D eigenvalue weighted by Gasteiger charge is -2.34. The highest BCUT2D eigenvalue weighted by Crippen LogP contribution is 2.33. The van der Waals surface area contributed by atoms with Crippen molar-refractivity contribution in [2.45, 2.75) is 50.2 Å². The third-order valence-corrected chi connectivity index (χ3v) is 9.14. The van der Waals surface area contributed by atoms with Crippen LogP contribution in [-0.4, -0.2) is 49.5 Å². The van der Waals surface area contributed by atoms with Gasteiger partial charge >= 0.3 is 0 Å². The van der Waals surface area contributed by atoms with Crippen molar-refractivity contribution in [3.63, 3.8) is 0 Å². The van der Waals surface area contributed by atoms with Gasteiger partial charge in [0.15, 0.2) is 0 Å². The Morgan fingerprint density at radius 2 is 1.74 bits per heavy atom. The Labute approximate surface area is 252 Å². The molecule has 226 valence electrons. The average Bonchev–Trinajstić information content (AvgIpc) is 3.15. The number of nitrogens with one attached hydrogen (secondary N) is 1. The predicted molar refractivity (Wildman–Crippen MR) is 167 cm³/mol. The third kappa shape index (κ3) is 7.31. The van der Waals surface area contributed by atoms with Crippen LogP contribution in [0.5, 0.6) is 0 Å². The second-order valence-electron chi connectivity index (χ2n) is 11.0. The molecule has 1 aliphatic heterocycles. The Morgan fingerprint density at radius 1 is 1.05 bits per heavy atom. The number of amides is 1. The van der Waals surface area contributed by atoms with Gasteiger partial charge in [0, 0.05) is 42.4 Å². The maximum absolute atomic E-state index is 13.5. The summed E-state index contributed by atoms with van der Waals surface area (Å²) in [4.78, 5) is 24.2. The summed E-state index contributed by atoms with van der Waals surface area (Å²) >= 11 is 0. The van der Waals surface area contributed by atoms with E-state index >= 15 is 0 Å². The smallest absolute Gasteiger partial charge is 0.273 e. The minimum Gasteiger partial charge on any atom is -0.399 e. The number of aliphatic hydroxyl groups is 1. The number of nitrogens with zero attached hydrogens (tertiary/aromatic N) is 2. The number of benzene rings is 3. The molecule has 0 saturated heterocycles. The first-order valence-corrected chi connectivity index (χ1v) is 15.8. The fourth-order valence-electron chi connectivity index (χ4n) is 5.16. The van der Waals surface area contributed by atoms with Gasteiger partial charge in [-0.25, -0.2) is 23.2 Å². The summed E-state index contributed by atoms with van der Waals surface area (Å²) in [7, 11) is -3.65. The number of aliphatic hydroxyl groups excluding tert-OH is 1. The van der Waals surface area contributed by atoms with Crippen LogP contribution in [0.1, 0.15) is 43.7 Å². The number of hydrogen-bond acceptors (Lipinski definition) is 8. The fourth-order valence-corrected chi connectivity index (χ4v) is 6.42. The number of fused-ring (bicyclic) bond motifs is 1. The van der Waals surface area contributed by atoms with Gasteiger partial charge in [0.1, 0.15) is 12.4 Å². The van der Waals surface area contributed by atoms with Crippen LogP contribution in [0.2, 0.25) is 0 Å².